The third kappa shape index (κ3) is 3.68. The van der Waals surface area contributed by atoms with Gasteiger partial charge in [0, 0.05) is 18.8 Å². The van der Waals surface area contributed by atoms with Gasteiger partial charge >= 0.3 is 5.97 Å². The average molecular weight is 294 g/mol. The molecule has 1 aromatic carbocycles. The lowest BCUT2D eigenvalue weighted by Gasteiger charge is -2.15. The molecule has 20 heavy (non-hydrogen) atoms. The fourth-order valence-corrected chi connectivity index (χ4v) is 2.37. The Labute approximate surface area is 123 Å². The maximum atomic E-state index is 11.1. The van der Waals surface area contributed by atoms with E-state index < -0.39 is 5.97 Å². The summed E-state index contributed by atoms with van der Waals surface area (Å²) < 4.78 is 5.50. The van der Waals surface area contributed by atoms with Gasteiger partial charge in [-0.3, -0.25) is 0 Å². The summed E-state index contributed by atoms with van der Waals surface area (Å²) in [5.74, 6) is -0.940. The predicted octanol–water partition coefficient (Wildman–Crippen LogP) is 2.16. The molecular weight excluding hydrogens is 276 g/mol. The van der Waals surface area contributed by atoms with Crippen LogP contribution in [0.1, 0.15) is 28.8 Å². The molecule has 1 aromatic rings. The monoisotopic (exact) mass is 294 g/mol. The van der Waals surface area contributed by atoms with Crippen LogP contribution in [-0.2, 0) is 4.74 Å². The lowest BCUT2D eigenvalue weighted by Crippen LogP contribution is -2.35. The smallest absolute Gasteiger partial charge is 0.336 e. The van der Waals surface area contributed by atoms with E-state index in [0.29, 0.717) is 22.9 Å². The summed E-state index contributed by atoms with van der Waals surface area (Å²) in [6, 6.07) is 5.08. The van der Waals surface area contributed by atoms with Gasteiger partial charge in [-0.25, -0.2) is 4.79 Å². The van der Waals surface area contributed by atoms with Crippen molar-refractivity contribution in [3.8, 4) is 0 Å². The highest BCUT2D eigenvalue weighted by atomic mass is 32.1. The molecule has 1 aliphatic heterocycles. The van der Waals surface area contributed by atoms with Crippen molar-refractivity contribution in [2.45, 2.75) is 25.9 Å². The van der Waals surface area contributed by atoms with E-state index in [2.05, 4.69) is 10.6 Å². The number of hydrogen-bond donors (Lipinski definition) is 3. The minimum atomic E-state index is -0.940. The van der Waals surface area contributed by atoms with Gasteiger partial charge in [-0.15, -0.1) is 0 Å². The molecular formula is C14H18N2O3S. The molecule has 5 nitrogen and oxygen atoms in total. The van der Waals surface area contributed by atoms with Gasteiger partial charge in [0.2, 0.25) is 0 Å². The highest BCUT2D eigenvalue weighted by Crippen LogP contribution is 2.19. The van der Waals surface area contributed by atoms with Gasteiger partial charge < -0.3 is 20.5 Å². The first-order chi connectivity index (χ1) is 9.58. The van der Waals surface area contributed by atoms with Crippen molar-refractivity contribution in [3.63, 3.8) is 0 Å². The van der Waals surface area contributed by atoms with Gasteiger partial charge in [-0.05, 0) is 49.7 Å². The van der Waals surface area contributed by atoms with E-state index in [-0.39, 0.29) is 11.7 Å². The molecule has 1 fully saturated rings. The van der Waals surface area contributed by atoms with Gasteiger partial charge in [0.05, 0.1) is 11.7 Å². The van der Waals surface area contributed by atoms with Crippen molar-refractivity contribution in [2.24, 2.45) is 0 Å². The van der Waals surface area contributed by atoms with Gasteiger partial charge in [0.15, 0.2) is 5.11 Å². The number of thiocarbonyl (C=S) groups is 1. The number of nitrogens with one attached hydrogen (secondary N) is 2. The number of rotatable bonds is 4. The molecule has 0 unspecified atom stereocenters. The number of anilines is 1. The molecule has 3 N–H and O–H groups in total. The lowest BCUT2D eigenvalue weighted by molar-refractivity contribution is 0.0696. The Kier molecular flexibility index (Phi) is 4.92. The van der Waals surface area contributed by atoms with Crippen LogP contribution in [0.3, 0.4) is 0 Å². The number of ether oxygens (including phenoxy) is 1. The maximum Gasteiger partial charge on any atom is 0.336 e. The first kappa shape index (κ1) is 14.7. The average Bonchev–Trinajstić information content (AvgIpc) is 2.91. The molecule has 1 saturated heterocycles. The molecule has 0 bridgehead atoms. The van der Waals surface area contributed by atoms with Crippen LogP contribution in [0.15, 0.2) is 18.2 Å². The Morgan fingerprint density at radius 3 is 3.00 bits per heavy atom. The number of aromatic carboxylic acids is 1. The summed E-state index contributed by atoms with van der Waals surface area (Å²) >= 11 is 5.21. The third-order valence-electron chi connectivity index (χ3n) is 3.33. The van der Waals surface area contributed by atoms with Crippen LogP contribution in [0.4, 0.5) is 5.69 Å². The SMILES string of the molecule is Cc1c(NC(=S)NC[C@@H]2CCCO2)cccc1C(=O)O. The largest absolute Gasteiger partial charge is 0.478 e. The quantitative estimate of drug-likeness (QED) is 0.739. The lowest BCUT2D eigenvalue weighted by atomic mass is 10.1. The van der Waals surface area contributed by atoms with E-state index >= 15 is 0 Å². The molecule has 6 heteroatoms. The topological polar surface area (TPSA) is 70.6 Å². The Bertz CT molecular complexity index is 513. The number of carbonyl (C=O) groups is 1. The van der Waals surface area contributed by atoms with E-state index in [1.807, 2.05) is 6.07 Å². The summed E-state index contributed by atoms with van der Waals surface area (Å²) in [6.45, 7) is 3.24. The van der Waals surface area contributed by atoms with Crippen molar-refractivity contribution in [1.29, 1.82) is 0 Å². The van der Waals surface area contributed by atoms with Crippen molar-refractivity contribution >= 4 is 29.0 Å². The Morgan fingerprint density at radius 2 is 2.35 bits per heavy atom. The molecule has 0 amide bonds. The molecule has 0 spiro atoms. The number of carboxylic acids is 1. The Balaban J connectivity index is 1.93. The van der Waals surface area contributed by atoms with Crippen molar-refractivity contribution in [2.75, 3.05) is 18.5 Å². The van der Waals surface area contributed by atoms with E-state index in [1.54, 1.807) is 19.1 Å². The number of hydrogen-bond acceptors (Lipinski definition) is 3. The zero-order chi connectivity index (χ0) is 14.5. The molecule has 2 rings (SSSR count). The summed E-state index contributed by atoms with van der Waals surface area (Å²) in [6.07, 6.45) is 2.34. The van der Waals surface area contributed by atoms with Crippen molar-refractivity contribution < 1.29 is 14.6 Å². The van der Waals surface area contributed by atoms with E-state index in [0.717, 1.165) is 19.4 Å². The maximum absolute atomic E-state index is 11.1. The van der Waals surface area contributed by atoms with Crippen molar-refractivity contribution in [1.82, 2.24) is 5.32 Å². The Morgan fingerprint density at radius 1 is 1.55 bits per heavy atom. The molecule has 1 atom stereocenters. The van der Waals surface area contributed by atoms with Gasteiger partial charge in [0.1, 0.15) is 0 Å². The van der Waals surface area contributed by atoms with Crippen LogP contribution in [0, 0.1) is 6.92 Å². The highest BCUT2D eigenvalue weighted by Gasteiger charge is 2.16. The zero-order valence-electron chi connectivity index (χ0n) is 11.3. The summed E-state index contributed by atoms with van der Waals surface area (Å²) in [7, 11) is 0. The van der Waals surface area contributed by atoms with Gasteiger partial charge in [0.25, 0.3) is 0 Å². The van der Waals surface area contributed by atoms with Crippen LogP contribution in [-0.4, -0.2) is 35.4 Å². The fraction of sp³-hybridized carbons (Fsp3) is 0.429. The molecule has 1 heterocycles. The second-order valence-electron chi connectivity index (χ2n) is 4.75. The van der Waals surface area contributed by atoms with E-state index in [9.17, 15) is 4.79 Å². The van der Waals surface area contributed by atoms with Gasteiger partial charge in [-0.2, -0.15) is 0 Å². The molecule has 108 valence electrons. The van der Waals surface area contributed by atoms with Gasteiger partial charge in [-0.1, -0.05) is 6.07 Å². The van der Waals surface area contributed by atoms with Crippen molar-refractivity contribution in [3.05, 3.63) is 29.3 Å². The van der Waals surface area contributed by atoms with E-state index in [4.69, 9.17) is 22.1 Å². The number of carboxylic acid groups (broad SMARTS) is 1. The molecule has 1 aliphatic rings. The molecule has 0 aromatic heterocycles. The molecule has 0 saturated carbocycles. The van der Waals surface area contributed by atoms with Crippen LogP contribution in [0.25, 0.3) is 0 Å². The number of benzene rings is 1. The van der Waals surface area contributed by atoms with Crippen LogP contribution >= 0.6 is 12.2 Å². The fourth-order valence-electron chi connectivity index (χ4n) is 2.18. The van der Waals surface area contributed by atoms with Crippen LogP contribution < -0.4 is 10.6 Å². The second kappa shape index (κ2) is 6.67. The third-order valence-corrected chi connectivity index (χ3v) is 3.57. The first-order valence-corrected chi connectivity index (χ1v) is 6.98. The minimum absolute atomic E-state index is 0.209. The molecule has 0 aliphatic carbocycles. The summed E-state index contributed by atoms with van der Waals surface area (Å²) in [4.78, 5) is 11.1. The zero-order valence-corrected chi connectivity index (χ0v) is 12.1. The standard InChI is InChI=1S/C14H18N2O3S/c1-9-11(13(17)18)5-2-6-12(9)16-14(20)15-8-10-4-3-7-19-10/h2,5-6,10H,3-4,7-8H2,1H3,(H,17,18)(H2,15,16,20)/t10-/m0/s1. The van der Waals surface area contributed by atoms with Crippen LogP contribution in [0.5, 0.6) is 0 Å². The van der Waals surface area contributed by atoms with Crippen LogP contribution in [0.2, 0.25) is 0 Å². The van der Waals surface area contributed by atoms with E-state index in [1.165, 1.54) is 0 Å². The summed E-state index contributed by atoms with van der Waals surface area (Å²) in [5.41, 5.74) is 1.65. The Hall–Kier alpha value is -1.66. The predicted molar refractivity (Wildman–Crippen MR) is 81.3 cm³/mol. The normalized spacial score (nSPS) is 17.8. The minimum Gasteiger partial charge on any atom is -0.478 e. The highest BCUT2D eigenvalue weighted by molar-refractivity contribution is 7.80. The molecule has 0 radical (unpaired) electrons. The second-order valence-corrected chi connectivity index (χ2v) is 5.16. The first-order valence-electron chi connectivity index (χ1n) is 6.57. The summed E-state index contributed by atoms with van der Waals surface area (Å²) in [5, 5.41) is 15.7.